The molecule has 1 aromatic carbocycles. The number of hydrogen-bond donors (Lipinski definition) is 1. The maximum Gasteiger partial charge on any atom is 0.312 e. The van der Waals surface area contributed by atoms with Crippen molar-refractivity contribution in [1.82, 2.24) is 0 Å². The zero-order valence-corrected chi connectivity index (χ0v) is 16.5. The molecule has 0 spiro atoms. The molecular weight excluding hydrogens is 304 g/mol. The Morgan fingerprint density at radius 2 is 1.61 bits per heavy atom. The molecule has 0 saturated heterocycles. The van der Waals surface area contributed by atoms with Crippen molar-refractivity contribution < 1.29 is 9.53 Å². The number of benzene rings is 1. The monoisotopic (exact) mass is 336 g/mol. The Morgan fingerprint density at radius 3 is 2.04 bits per heavy atom. The highest BCUT2D eigenvalue weighted by molar-refractivity contribution is 7.81. The highest BCUT2D eigenvalue weighted by atomic mass is 32.1. The number of hydrogen-bond acceptors (Lipinski definition) is 3. The van der Waals surface area contributed by atoms with Gasteiger partial charge < -0.3 is 4.74 Å². The van der Waals surface area contributed by atoms with E-state index in [9.17, 15) is 4.79 Å². The minimum Gasteiger partial charge on any atom is -0.466 e. The first kappa shape index (κ1) is 20.1. The van der Waals surface area contributed by atoms with Crippen LogP contribution in [0.25, 0.3) is 0 Å². The fourth-order valence-electron chi connectivity index (χ4n) is 2.81. The fraction of sp³-hybridized carbons (Fsp3) is 0.650. The topological polar surface area (TPSA) is 26.3 Å². The van der Waals surface area contributed by atoms with Crippen molar-refractivity contribution in [3.63, 3.8) is 0 Å². The Hall–Kier alpha value is -0.960. The summed E-state index contributed by atoms with van der Waals surface area (Å²) in [5.74, 6) is 0.115. The number of carbonyl (C=O) groups excluding carboxylic acids is 1. The van der Waals surface area contributed by atoms with E-state index in [1.165, 1.54) is 5.56 Å². The van der Waals surface area contributed by atoms with Crippen molar-refractivity contribution >= 4 is 18.6 Å². The molecule has 130 valence electrons. The molecule has 0 aromatic heterocycles. The summed E-state index contributed by atoms with van der Waals surface area (Å²) in [6.45, 7) is 14.8. The van der Waals surface area contributed by atoms with Gasteiger partial charge in [0.15, 0.2) is 0 Å². The molecule has 1 aromatic rings. The van der Waals surface area contributed by atoms with Crippen LogP contribution in [0.4, 0.5) is 0 Å². The van der Waals surface area contributed by atoms with Crippen LogP contribution in [0.5, 0.6) is 0 Å². The van der Waals surface area contributed by atoms with Gasteiger partial charge in [0.05, 0.1) is 12.0 Å². The Labute approximate surface area is 147 Å². The van der Waals surface area contributed by atoms with Crippen molar-refractivity contribution in [1.29, 1.82) is 0 Å². The summed E-state index contributed by atoms with van der Waals surface area (Å²) < 4.78 is 5.13. The lowest BCUT2D eigenvalue weighted by molar-refractivity contribution is -0.161. The van der Waals surface area contributed by atoms with Gasteiger partial charge >= 0.3 is 5.97 Å². The average Bonchev–Trinajstić information content (AvgIpc) is 2.44. The van der Waals surface area contributed by atoms with Crippen LogP contribution in [0.2, 0.25) is 0 Å². The molecule has 3 heteroatoms. The van der Waals surface area contributed by atoms with Crippen LogP contribution in [-0.2, 0) is 9.53 Å². The molecule has 0 radical (unpaired) electrons. The first-order valence-electron chi connectivity index (χ1n) is 8.38. The van der Waals surface area contributed by atoms with E-state index in [2.05, 4.69) is 52.0 Å². The first-order chi connectivity index (χ1) is 10.4. The minimum absolute atomic E-state index is 0.131. The summed E-state index contributed by atoms with van der Waals surface area (Å²) in [6.07, 6.45) is 0.860. The van der Waals surface area contributed by atoms with Gasteiger partial charge in [0.1, 0.15) is 0 Å². The molecular formula is C20H32O2S. The molecule has 0 aliphatic heterocycles. The van der Waals surface area contributed by atoms with E-state index in [1.54, 1.807) is 0 Å². The third-order valence-corrected chi connectivity index (χ3v) is 5.56. The number of ether oxygens (including phenoxy) is 1. The van der Waals surface area contributed by atoms with E-state index in [4.69, 9.17) is 17.4 Å². The number of esters is 1. The third-order valence-electron chi connectivity index (χ3n) is 5.25. The largest absolute Gasteiger partial charge is 0.466 e. The van der Waals surface area contributed by atoms with Crippen LogP contribution in [0.1, 0.15) is 66.4 Å². The van der Waals surface area contributed by atoms with Crippen LogP contribution in [0, 0.1) is 10.8 Å². The van der Waals surface area contributed by atoms with Crippen LogP contribution in [-0.4, -0.2) is 17.3 Å². The smallest absolute Gasteiger partial charge is 0.312 e. The van der Waals surface area contributed by atoms with Crippen molar-refractivity contribution in [2.45, 2.75) is 65.6 Å². The van der Waals surface area contributed by atoms with E-state index in [1.807, 2.05) is 26.8 Å². The Morgan fingerprint density at radius 1 is 1.09 bits per heavy atom. The zero-order valence-electron chi connectivity index (χ0n) is 15.6. The van der Waals surface area contributed by atoms with Gasteiger partial charge in [0.25, 0.3) is 0 Å². The van der Waals surface area contributed by atoms with E-state index in [-0.39, 0.29) is 22.0 Å². The van der Waals surface area contributed by atoms with Crippen LogP contribution < -0.4 is 0 Å². The second-order valence-corrected chi connectivity index (χ2v) is 9.20. The molecule has 0 aliphatic rings. The van der Waals surface area contributed by atoms with E-state index >= 15 is 0 Å². The molecule has 0 saturated carbocycles. The summed E-state index contributed by atoms with van der Waals surface area (Å²) in [7, 11) is 0. The fourth-order valence-corrected chi connectivity index (χ4v) is 3.05. The van der Waals surface area contributed by atoms with Gasteiger partial charge in [-0.3, -0.25) is 4.79 Å². The summed E-state index contributed by atoms with van der Waals surface area (Å²) in [5, 5.41) is 0. The summed E-state index contributed by atoms with van der Waals surface area (Å²) in [5.41, 5.74) is 0.481. The maximum absolute atomic E-state index is 12.4. The van der Waals surface area contributed by atoms with Crippen molar-refractivity contribution in [3.05, 3.63) is 35.9 Å². The molecule has 0 heterocycles. The standard InChI is InChI=1S/C20H32O2S/c1-8-22-17(21)19(4,5)18(2,3)14-16(20(6,7)23)15-12-10-9-11-13-15/h9-13,16,23H,8,14H2,1-7H3. The van der Waals surface area contributed by atoms with Crippen LogP contribution in [0.15, 0.2) is 30.3 Å². The molecule has 2 nitrogen and oxygen atoms in total. The highest BCUT2D eigenvalue weighted by Crippen LogP contribution is 2.49. The van der Waals surface area contributed by atoms with Crippen molar-refractivity contribution in [2.75, 3.05) is 6.61 Å². The van der Waals surface area contributed by atoms with E-state index in [0.29, 0.717) is 6.61 Å². The van der Waals surface area contributed by atoms with Gasteiger partial charge in [0, 0.05) is 4.75 Å². The SMILES string of the molecule is CCOC(=O)C(C)(C)C(C)(C)CC(c1ccccc1)C(C)(C)S. The lowest BCUT2D eigenvalue weighted by Gasteiger charge is -2.44. The summed E-state index contributed by atoms with van der Waals surface area (Å²) >= 11 is 4.85. The number of thiol groups is 1. The molecule has 1 unspecified atom stereocenters. The van der Waals surface area contributed by atoms with E-state index < -0.39 is 5.41 Å². The van der Waals surface area contributed by atoms with Gasteiger partial charge in [-0.2, -0.15) is 12.6 Å². The van der Waals surface area contributed by atoms with Crippen LogP contribution >= 0.6 is 12.6 Å². The van der Waals surface area contributed by atoms with E-state index in [0.717, 1.165) is 6.42 Å². The van der Waals surface area contributed by atoms with Gasteiger partial charge in [-0.25, -0.2) is 0 Å². The molecule has 23 heavy (non-hydrogen) atoms. The molecule has 0 amide bonds. The Bertz CT molecular complexity index is 512. The molecule has 1 atom stereocenters. The van der Waals surface area contributed by atoms with Gasteiger partial charge in [-0.1, -0.05) is 58.0 Å². The third kappa shape index (κ3) is 4.76. The lowest BCUT2D eigenvalue weighted by atomic mass is 9.62. The maximum atomic E-state index is 12.4. The molecule has 1 rings (SSSR count). The average molecular weight is 337 g/mol. The predicted molar refractivity (Wildman–Crippen MR) is 101 cm³/mol. The summed E-state index contributed by atoms with van der Waals surface area (Å²) in [4.78, 5) is 12.4. The van der Waals surface area contributed by atoms with Gasteiger partial charge in [0.2, 0.25) is 0 Å². The first-order valence-corrected chi connectivity index (χ1v) is 8.82. The molecule has 0 aliphatic carbocycles. The molecule has 0 N–H and O–H groups in total. The quantitative estimate of drug-likeness (QED) is 0.527. The Balaban J connectivity index is 3.14. The van der Waals surface area contributed by atoms with Crippen LogP contribution in [0.3, 0.4) is 0 Å². The normalized spacial score (nSPS) is 14.4. The predicted octanol–water partition coefficient (Wildman–Crippen LogP) is 5.48. The minimum atomic E-state index is -0.560. The zero-order chi connectivity index (χ0) is 17.9. The molecule has 0 fully saturated rings. The van der Waals surface area contributed by atoms with Crippen molar-refractivity contribution in [3.8, 4) is 0 Å². The second kappa shape index (κ2) is 7.29. The Kier molecular flexibility index (Phi) is 6.37. The van der Waals surface area contributed by atoms with Gasteiger partial charge in [-0.05, 0) is 44.1 Å². The second-order valence-electron chi connectivity index (χ2n) is 8.05. The molecule has 0 bridgehead atoms. The lowest BCUT2D eigenvalue weighted by Crippen LogP contribution is -2.43. The van der Waals surface area contributed by atoms with Gasteiger partial charge in [-0.15, -0.1) is 0 Å². The highest BCUT2D eigenvalue weighted by Gasteiger charge is 2.47. The summed E-state index contributed by atoms with van der Waals surface area (Å²) in [6, 6.07) is 10.4. The number of carbonyl (C=O) groups is 1. The van der Waals surface area contributed by atoms with Crippen molar-refractivity contribution in [2.24, 2.45) is 10.8 Å². The number of rotatable bonds is 7.